The van der Waals surface area contributed by atoms with Crippen LogP contribution in [0.3, 0.4) is 0 Å². The highest BCUT2D eigenvalue weighted by atomic mass is 16.3. The summed E-state index contributed by atoms with van der Waals surface area (Å²) >= 11 is 0. The Morgan fingerprint density at radius 1 is 1.35 bits per heavy atom. The zero-order valence-electron chi connectivity index (χ0n) is 11.0. The largest absolute Gasteiger partial charge is 0.395 e. The first-order valence-electron chi connectivity index (χ1n) is 6.47. The molecular weight excluding hydrogens is 210 g/mol. The maximum absolute atomic E-state index is 9.09. The third-order valence-electron chi connectivity index (χ3n) is 4.23. The number of benzene rings is 1. The van der Waals surface area contributed by atoms with E-state index in [1.807, 2.05) is 6.92 Å². The van der Waals surface area contributed by atoms with Crippen LogP contribution in [0.1, 0.15) is 38.7 Å². The van der Waals surface area contributed by atoms with E-state index in [2.05, 4.69) is 49.5 Å². The van der Waals surface area contributed by atoms with Gasteiger partial charge in [0.2, 0.25) is 0 Å². The van der Waals surface area contributed by atoms with Crippen LogP contribution in [0.25, 0.3) is 0 Å². The lowest BCUT2D eigenvalue weighted by Crippen LogP contribution is -2.58. The normalized spacial score (nSPS) is 28.5. The van der Waals surface area contributed by atoms with Crippen LogP contribution in [0.4, 0.5) is 0 Å². The summed E-state index contributed by atoms with van der Waals surface area (Å²) in [6.07, 6.45) is 1.17. The van der Waals surface area contributed by atoms with Crippen LogP contribution in [0.5, 0.6) is 0 Å². The van der Waals surface area contributed by atoms with Crippen molar-refractivity contribution in [3.05, 3.63) is 35.9 Å². The molecule has 2 heteroatoms. The molecule has 1 aromatic carbocycles. The molecule has 0 aliphatic heterocycles. The van der Waals surface area contributed by atoms with Gasteiger partial charge in [-0.25, -0.2) is 0 Å². The fourth-order valence-corrected chi connectivity index (χ4v) is 2.86. The molecule has 0 heterocycles. The highest BCUT2D eigenvalue weighted by Gasteiger charge is 2.48. The molecule has 3 atom stereocenters. The van der Waals surface area contributed by atoms with Gasteiger partial charge in [-0.05, 0) is 30.2 Å². The van der Waals surface area contributed by atoms with Crippen molar-refractivity contribution in [3.8, 4) is 0 Å². The average Bonchev–Trinajstić information content (AvgIpc) is 2.34. The Morgan fingerprint density at radius 2 is 2.00 bits per heavy atom. The second kappa shape index (κ2) is 4.79. The summed E-state index contributed by atoms with van der Waals surface area (Å²) in [5.74, 6) is 0.632. The Balaban J connectivity index is 2.02. The number of nitrogens with one attached hydrogen (secondary N) is 1. The molecule has 1 aliphatic carbocycles. The Bertz CT molecular complexity index is 360. The van der Waals surface area contributed by atoms with E-state index in [-0.39, 0.29) is 18.1 Å². The zero-order valence-corrected chi connectivity index (χ0v) is 11.0. The molecule has 2 unspecified atom stereocenters. The SMILES string of the molecule is C[C@H](CO)NC1CC(c2ccccc2)C1(C)C. The highest BCUT2D eigenvalue weighted by Crippen LogP contribution is 2.52. The number of hydrogen-bond acceptors (Lipinski definition) is 2. The summed E-state index contributed by atoms with van der Waals surface area (Å²) in [6.45, 7) is 6.88. The average molecular weight is 233 g/mol. The Kier molecular flexibility index (Phi) is 3.55. The summed E-state index contributed by atoms with van der Waals surface area (Å²) in [5.41, 5.74) is 1.71. The molecule has 2 rings (SSSR count). The molecule has 1 aliphatic rings. The topological polar surface area (TPSA) is 32.3 Å². The summed E-state index contributed by atoms with van der Waals surface area (Å²) < 4.78 is 0. The Morgan fingerprint density at radius 3 is 2.53 bits per heavy atom. The molecule has 94 valence electrons. The third-order valence-corrected chi connectivity index (χ3v) is 4.23. The molecule has 2 nitrogen and oxygen atoms in total. The van der Waals surface area contributed by atoms with Crippen LogP contribution in [0.2, 0.25) is 0 Å². The van der Waals surface area contributed by atoms with E-state index in [1.165, 1.54) is 12.0 Å². The van der Waals surface area contributed by atoms with Crippen LogP contribution < -0.4 is 5.32 Å². The van der Waals surface area contributed by atoms with Crippen molar-refractivity contribution in [1.82, 2.24) is 5.32 Å². The van der Waals surface area contributed by atoms with E-state index >= 15 is 0 Å². The van der Waals surface area contributed by atoms with Crippen molar-refractivity contribution in [2.24, 2.45) is 5.41 Å². The van der Waals surface area contributed by atoms with Crippen LogP contribution in [0, 0.1) is 5.41 Å². The van der Waals surface area contributed by atoms with Crippen molar-refractivity contribution in [2.45, 2.75) is 45.2 Å². The second-order valence-electron chi connectivity index (χ2n) is 5.82. The molecule has 0 aromatic heterocycles. The molecule has 0 bridgehead atoms. The van der Waals surface area contributed by atoms with Gasteiger partial charge in [0.1, 0.15) is 0 Å². The maximum atomic E-state index is 9.09. The van der Waals surface area contributed by atoms with E-state index in [9.17, 15) is 0 Å². The van der Waals surface area contributed by atoms with Gasteiger partial charge >= 0.3 is 0 Å². The van der Waals surface area contributed by atoms with Crippen LogP contribution in [-0.2, 0) is 0 Å². The first kappa shape index (κ1) is 12.6. The minimum Gasteiger partial charge on any atom is -0.395 e. The molecule has 2 N–H and O–H groups in total. The number of hydrogen-bond donors (Lipinski definition) is 2. The summed E-state index contributed by atoms with van der Waals surface area (Å²) in [6, 6.07) is 11.4. The van der Waals surface area contributed by atoms with Crippen LogP contribution in [0.15, 0.2) is 30.3 Å². The fourth-order valence-electron chi connectivity index (χ4n) is 2.86. The summed E-state index contributed by atoms with van der Waals surface area (Å²) in [5, 5.41) is 12.6. The van der Waals surface area contributed by atoms with Crippen molar-refractivity contribution in [1.29, 1.82) is 0 Å². The van der Waals surface area contributed by atoms with Crippen LogP contribution >= 0.6 is 0 Å². The third kappa shape index (κ3) is 2.38. The lowest BCUT2D eigenvalue weighted by molar-refractivity contribution is 0.0544. The first-order valence-corrected chi connectivity index (χ1v) is 6.47. The van der Waals surface area contributed by atoms with E-state index in [0.29, 0.717) is 12.0 Å². The number of aliphatic hydroxyl groups is 1. The molecule has 1 aromatic rings. The van der Waals surface area contributed by atoms with Gasteiger partial charge < -0.3 is 10.4 Å². The molecule has 17 heavy (non-hydrogen) atoms. The van der Waals surface area contributed by atoms with Gasteiger partial charge in [-0.15, -0.1) is 0 Å². The van der Waals surface area contributed by atoms with Crippen molar-refractivity contribution in [2.75, 3.05) is 6.61 Å². The van der Waals surface area contributed by atoms with Gasteiger partial charge in [-0.2, -0.15) is 0 Å². The Hall–Kier alpha value is -0.860. The van der Waals surface area contributed by atoms with E-state index in [0.717, 1.165) is 0 Å². The van der Waals surface area contributed by atoms with E-state index in [4.69, 9.17) is 5.11 Å². The molecule has 0 saturated heterocycles. The lowest BCUT2D eigenvalue weighted by Gasteiger charge is -2.53. The maximum Gasteiger partial charge on any atom is 0.0582 e. The lowest BCUT2D eigenvalue weighted by atomic mass is 9.56. The van der Waals surface area contributed by atoms with Gasteiger partial charge in [0.25, 0.3) is 0 Å². The molecule has 0 spiro atoms. The van der Waals surface area contributed by atoms with E-state index < -0.39 is 0 Å². The van der Waals surface area contributed by atoms with Gasteiger partial charge in [0.05, 0.1) is 6.61 Å². The minimum atomic E-state index is 0.191. The standard InChI is InChI=1S/C15H23NO/c1-11(10-17)16-14-9-13(15(14,2)3)12-7-5-4-6-8-12/h4-8,11,13-14,16-17H,9-10H2,1-3H3/t11-,13?,14?/m1/s1. The first-order chi connectivity index (χ1) is 8.05. The van der Waals surface area contributed by atoms with Crippen molar-refractivity contribution in [3.63, 3.8) is 0 Å². The summed E-state index contributed by atoms with van der Waals surface area (Å²) in [4.78, 5) is 0. The van der Waals surface area contributed by atoms with Crippen molar-refractivity contribution < 1.29 is 5.11 Å². The monoisotopic (exact) mass is 233 g/mol. The molecule has 1 saturated carbocycles. The van der Waals surface area contributed by atoms with Gasteiger partial charge in [-0.3, -0.25) is 0 Å². The molecule has 0 radical (unpaired) electrons. The van der Waals surface area contributed by atoms with Gasteiger partial charge in [0, 0.05) is 12.1 Å². The van der Waals surface area contributed by atoms with Crippen LogP contribution in [-0.4, -0.2) is 23.8 Å². The minimum absolute atomic E-state index is 0.191. The fraction of sp³-hybridized carbons (Fsp3) is 0.600. The second-order valence-corrected chi connectivity index (χ2v) is 5.82. The molecule has 0 amide bonds. The smallest absolute Gasteiger partial charge is 0.0582 e. The predicted octanol–water partition coefficient (Wildman–Crippen LogP) is 2.54. The highest BCUT2D eigenvalue weighted by molar-refractivity contribution is 5.27. The quantitative estimate of drug-likeness (QED) is 0.837. The van der Waals surface area contributed by atoms with Gasteiger partial charge in [-0.1, -0.05) is 44.2 Å². The molecule has 1 fully saturated rings. The number of rotatable bonds is 4. The summed E-state index contributed by atoms with van der Waals surface area (Å²) in [7, 11) is 0. The molecular formula is C15H23NO. The van der Waals surface area contributed by atoms with Crippen molar-refractivity contribution >= 4 is 0 Å². The predicted molar refractivity (Wildman–Crippen MR) is 71.1 cm³/mol. The zero-order chi connectivity index (χ0) is 12.5. The Labute approximate surface area is 104 Å². The van der Waals surface area contributed by atoms with E-state index in [1.54, 1.807) is 0 Å². The van der Waals surface area contributed by atoms with Gasteiger partial charge in [0.15, 0.2) is 0 Å². The number of aliphatic hydroxyl groups excluding tert-OH is 1.